The zero-order valence-electron chi connectivity index (χ0n) is 12.0. The number of nitrogens with zero attached hydrogens (tertiary/aromatic N) is 2. The van der Waals surface area contributed by atoms with Crippen LogP contribution in [0.3, 0.4) is 0 Å². The summed E-state index contributed by atoms with van der Waals surface area (Å²) in [6.45, 7) is 2.80. The average Bonchev–Trinajstić information content (AvgIpc) is 2.52. The van der Waals surface area contributed by atoms with Crippen LogP contribution in [0.4, 0.5) is 11.5 Å². The number of para-hydroxylation sites is 1. The standard InChI is InChI=1S/C15H17N3O3/c1-3-10-16-14-9-8-12(18(19)20)15(17-14)11-6-4-5-7-13(11)21-2/h4-9H,3,10H2,1-2H3,(H,16,17). The molecule has 0 spiro atoms. The average molecular weight is 287 g/mol. The molecule has 21 heavy (non-hydrogen) atoms. The van der Waals surface area contributed by atoms with Crippen LogP contribution in [0.2, 0.25) is 0 Å². The van der Waals surface area contributed by atoms with Crippen LogP contribution in [0.25, 0.3) is 11.3 Å². The van der Waals surface area contributed by atoms with Gasteiger partial charge in [-0.25, -0.2) is 4.98 Å². The highest BCUT2D eigenvalue weighted by molar-refractivity contribution is 5.76. The van der Waals surface area contributed by atoms with Gasteiger partial charge in [0.25, 0.3) is 5.69 Å². The Labute approximate surface area is 122 Å². The number of hydrogen-bond acceptors (Lipinski definition) is 5. The van der Waals surface area contributed by atoms with E-state index in [1.165, 1.54) is 13.2 Å². The summed E-state index contributed by atoms with van der Waals surface area (Å²) >= 11 is 0. The number of methoxy groups -OCH3 is 1. The molecule has 0 fully saturated rings. The maximum Gasteiger partial charge on any atom is 0.295 e. The Morgan fingerprint density at radius 3 is 2.71 bits per heavy atom. The minimum atomic E-state index is -0.432. The van der Waals surface area contributed by atoms with E-state index in [1.807, 2.05) is 13.0 Å². The molecule has 2 rings (SSSR count). The van der Waals surface area contributed by atoms with E-state index in [9.17, 15) is 10.1 Å². The second kappa shape index (κ2) is 6.69. The predicted molar refractivity (Wildman–Crippen MR) is 81.7 cm³/mol. The van der Waals surface area contributed by atoms with E-state index in [-0.39, 0.29) is 5.69 Å². The zero-order valence-corrected chi connectivity index (χ0v) is 12.0. The molecule has 0 bridgehead atoms. The molecule has 110 valence electrons. The molecule has 0 aliphatic heterocycles. The fraction of sp³-hybridized carbons (Fsp3) is 0.267. The maximum atomic E-state index is 11.2. The number of rotatable bonds is 6. The van der Waals surface area contributed by atoms with Crippen LogP contribution in [-0.4, -0.2) is 23.6 Å². The molecule has 2 aromatic rings. The largest absolute Gasteiger partial charge is 0.496 e. The van der Waals surface area contributed by atoms with E-state index in [0.717, 1.165) is 13.0 Å². The summed E-state index contributed by atoms with van der Waals surface area (Å²) in [6.07, 6.45) is 0.947. The normalized spacial score (nSPS) is 10.2. The van der Waals surface area contributed by atoms with Crippen molar-refractivity contribution < 1.29 is 9.66 Å². The molecule has 0 aliphatic rings. The Balaban J connectivity index is 2.55. The lowest BCUT2D eigenvalue weighted by atomic mass is 10.1. The summed E-state index contributed by atoms with van der Waals surface area (Å²) in [5.41, 5.74) is 0.868. The molecule has 1 aromatic heterocycles. The fourth-order valence-corrected chi connectivity index (χ4v) is 1.99. The van der Waals surface area contributed by atoms with Crippen molar-refractivity contribution in [3.63, 3.8) is 0 Å². The van der Waals surface area contributed by atoms with Crippen LogP contribution in [-0.2, 0) is 0 Å². The van der Waals surface area contributed by atoms with E-state index in [2.05, 4.69) is 10.3 Å². The van der Waals surface area contributed by atoms with Crippen molar-refractivity contribution in [2.75, 3.05) is 19.0 Å². The van der Waals surface area contributed by atoms with Crippen molar-refractivity contribution in [2.45, 2.75) is 13.3 Å². The Morgan fingerprint density at radius 1 is 1.29 bits per heavy atom. The fourth-order valence-electron chi connectivity index (χ4n) is 1.99. The minimum absolute atomic E-state index is 0.0402. The van der Waals surface area contributed by atoms with Gasteiger partial charge in [0.1, 0.15) is 11.6 Å². The van der Waals surface area contributed by atoms with Crippen molar-refractivity contribution in [1.82, 2.24) is 4.98 Å². The van der Waals surface area contributed by atoms with Gasteiger partial charge in [-0.2, -0.15) is 0 Å². The second-order valence-electron chi connectivity index (χ2n) is 4.45. The summed E-state index contributed by atoms with van der Waals surface area (Å²) < 4.78 is 5.27. The molecular weight excluding hydrogens is 270 g/mol. The first-order valence-corrected chi connectivity index (χ1v) is 6.70. The van der Waals surface area contributed by atoms with Gasteiger partial charge >= 0.3 is 0 Å². The first-order valence-electron chi connectivity index (χ1n) is 6.70. The van der Waals surface area contributed by atoms with Crippen LogP contribution in [0.15, 0.2) is 36.4 Å². The number of hydrogen-bond donors (Lipinski definition) is 1. The number of nitrogens with one attached hydrogen (secondary N) is 1. The predicted octanol–water partition coefficient (Wildman–Crippen LogP) is 3.49. The third-order valence-corrected chi connectivity index (χ3v) is 2.99. The molecule has 0 radical (unpaired) electrons. The monoisotopic (exact) mass is 287 g/mol. The topological polar surface area (TPSA) is 77.3 Å². The molecule has 0 atom stereocenters. The summed E-state index contributed by atoms with van der Waals surface area (Å²) in [6, 6.07) is 10.2. The number of aromatic nitrogens is 1. The number of anilines is 1. The van der Waals surface area contributed by atoms with Gasteiger partial charge in [-0.3, -0.25) is 10.1 Å². The van der Waals surface area contributed by atoms with Gasteiger partial charge in [0.2, 0.25) is 0 Å². The molecule has 1 aromatic carbocycles. The minimum Gasteiger partial charge on any atom is -0.496 e. The molecule has 0 unspecified atom stereocenters. The lowest BCUT2D eigenvalue weighted by molar-refractivity contribution is -0.384. The molecule has 6 nitrogen and oxygen atoms in total. The quantitative estimate of drug-likeness (QED) is 0.650. The lowest BCUT2D eigenvalue weighted by Gasteiger charge is -2.10. The number of ether oxygens (including phenoxy) is 1. The SMILES string of the molecule is CCCNc1ccc([N+](=O)[O-])c(-c2ccccc2OC)n1. The van der Waals surface area contributed by atoms with E-state index >= 15 is 0 Å². The maximum absolute atomic E-state index is 11.2. The number of nitro groups is 1. The van der Waals surface area contributed by atoms with Gasteiger partial charge in [0, 0.05) is 18.2 Å². The molecule has 6 heteroatoms. The Hall–Kier alpha value is -2.63. The van der Waals surface area contributed by atoms with Gasteiger partial charge < -0.3 is 10.1 Å². The Morgan fingerprint density at radius 2 is 2.05 bits per heavy atom. The van der Waals surface area contributed by atoms with Gasteiger partial charge in [0.15, 0.2) is 5.69 Å². The van der Waals surface area contributed by atoms with Crippen LogP contribution in [0.5, 0.6) is 5.75 Å². The molecular formula is C15H17N3O3. The van der Waals surface area contributed by atoms with Crippen LogP contribution >= 0.6 is 0 Å². The Kier molecular flexibility index (Phi) is 4.71. The second-order valence-corrected chi connectivity index (χ2v) is 4.45. The van der Waals surface area contributed by atoms with Gasteiger partial charge in [0.05, 0.1) is 12.0 Å². The Bertz CT molecular complexity index is 644. The zero-order chi connectivity index (χ0) is 15.2. The van der Waals surface area contributed by atoms with Crippen molar-refractivity contribution in [3.8, 4) is 17.0 Å². The summed E-state index contributed by atoms with van der Waals surface area (Å²) in [5, 5.41) is 14.4. The molecule has 1 N–H and O–H groups in total. The van der Waals surface area contributed by atoms with Crippen molar-refractivity contribution in [3.05, 3.63) is 46.5 Å². The summed E-state index contributed by atoms with van der Waals surface area (Å²) in [5.74, 6) is 1.17. The highest BCUT2D eigenvalue weighted by Crippen LogP contribution is 2.35. The van der Waals surface area contributed by atoms with Crippen molar-refractivity contribution in [1.29, 1.82) is 0 Å². The van der Waals surface area contributed by atoms with Crippen LogP contribution in [0.1, 0.15) is 13.3 Å². The van der Waals surface area contributed by atoms with Gasteiger partial charge in [-0.15, -0.1) is 0 Å². The number of benzene rings is 1. The van der Waals surface area contributed by atoms with E-state index in [0.29, 0.717) is 22.8 Å². The summed E-state index contributed by atoms with van der Waals surface area (Å²) in [7, 11) is 1.53. The van der Waals surface area contributed by atoms with Crippen LogP contribution in [0, 0.1) is 10.1 Å². The summed E-state index contributed by atoms with van der Waals surface area (Å²) in [4.78, 5) is 15.2. The molecule has 0 saturated carbocycles. The molecule has 0 amide bonds. The van der Waals surface area contributed by atoms with Crippen molar-refractivity contribution in [2.24, 2.45) is 0 Å². The highest BCUT2D eigenvalue weighted by atomic mass is 16.6. The first kappa shape index (κ1) is 14.8. The van der Waals surface area contributed by atoms with E-state index < -0.39 is 4.92 Å². The molecule has 1 heterocycles. The van der Waals surface area contributed by atoms with E-state index in [1.54, 1.807) is 24.3 Å². The smallest absolute Gasteiger partial charge is 0.295 e. The molecule has 0 saturated heterocycles. The van der Waals surface area contributed by atoms with E-state index in [4.69, 9.17) is 4.74 Å². The first-order chi connectivity index (χ1) is 10.2. The van der Waals surface area contributed by atoms with Crippen LogP contribution < -0.4 is 10.1 Å². The third-order valence-electron chi connectivity index (χ3n) is 2.99. The highest BCUT2D eigenvalue weighted by Gasteiger charge is 2.20. The third kappa shape index (κ3) is 3.28. The van der Waals surface area contributed by atoms with Gasteiger partial charge in [-0.05, 0) is 24.6 Å². The number of pyridine rings is 1. The molecule has 0 aliphatic carbocycles. The lowest BCUT2D eigenvalue weighted by Crippen LogP contribution is -2.04. The van der Waals surface area contributed by atoms with Gasteiger partial charge in [-0.1, -0.05) is 19.1 Å². The van der Waals surface area contributed by atoms with Crippen molar-refractivity contribution >= 4 is 11.5 Å².